The van der Waals surface area contributed by atoms with Crippen LogP contribution in [0.4, 0.5) is 5.69 Å². The molecule has 0 radical (unpaired) electrons. The zero-order chi connectivity index (χ0) is 18.0. The van der Waals surface area contributed by atoms with E-state index in [0.29, 0.717) is 6.42 Å². The number of carbonyl (C=O) groups excluding carboxylic acids is 1. The Bertz CT molecular complexity index is 678. The van der Waals surface area contributed by atoms with E-state index in [1.165, 1.54) is 0 Å². The van der Waals surface area contributed by atoms with Crippen LogP contribution in [-0.2, 0) is 14.6 Å². The van der Waals surface area contributed by atoms with Crippen LogP contribution in [-0.4, -0.2) is 43.2 Å². The molecule has 7 heteroatoms. The normalized spacial score (nSPS) is 19.2. The minimum absolute atomic E-state index is 0.0617. The maximum Gasteiger partial charge on any atom is 0.219 e. The third-order valence-electron chi connectivity index (χ3n) is 4.28. The number of hydrogen-bond donors (Lipinski definition) is 1. The average Bonchev–Trinajstić information content (AvgIpc) is 2.54. The van der Waals surface area contributed by atoms with Gasteiger partial charge in [0.2, 0.25) is 5.91 Å². The van der Waals surface area contributed by atoms with E-state index >= 15 is 0 Å². The van der Waals surface area contributed by atoms with Gasteiger partial charge in [0.05, 0.1) is 16.6 Å². The van der Waals surface area contributed by atoms with Gasteiger partial charge < -0.3 is 10.2 Å². The van der Waals surface area contributed by atoms with Crippen molar-refractivity contribution in [1.29, 1.82) is 0 Å². The van der Waals surface area contributed by atoms with Crippen LogP contribution in [0.1, 0.15) is 47.0 Å². The summed E-state index contributed by atoms with van der Waals surface area (Å²) in [6.07, 6.45) is 4.04. The van der Waals surface area contributed by atoms with Gasteiger partial charge in [-0.2, -0.15) is 0 Å². The molecule has 0 bridgehead atoms. The quantitative estimate of drug-likeness (QED) is 0.897. The Labute approximate surface area is 144 Å². The van der Waals surface area contributed by atoms with Crippen LogP contribution in [0.25, 0.3) is 0 Å². The maximum absolute atomic E-state index is 12.4. The van der Waals surface area contributed by atoms with Gasteiger partial charge in [0.15, 0.2) is 14.9 Å². The number of carbonyl (C=O) groups is 1. The first-order valence-electron chi connectivity index (χ1n) is 8.40. The molecule has 2 rings (SSSR count). The highest BCUT2D eigenvalue weighted by molar-refractivity contribution is 7.92. The second-order valence-corrected chi connectivity index (χ2v) is 9.83. The van der Waals surface area contributed by atoms with Crippen LogP contribution in [0.3, 0.4) is 0 Å². The highest BCUT2D eigenvalue weighted by Gasteiger charge is 2.32. The summed E-state index contributed by atoms with van der Waals surface area (Å²) in [6.45, 7) is 8.45. The van der Waals surface area contributed by atoms with Crippen LogP contribution >= 0.6 is 0 Å². The number of nitrogens with zero attached hydrogens (tertiary/aromatic N) is 2. The molecule has 1 fully saturated rings. The van der Waals surface area contributed by atoms with Gasteiger partial charge in [-0.05, 0) is 45.7 Å². The third kappa shape index (κ3) is 4.06. The van der Waals surface area contributed by atoms with E-state index in [1.807, 2.05) is 6.92 Å². The summed E-state index contributed by atoms with van der Waals surface area (Å²) in [5.41, 5.74) is 0.887. The van der Waals surface area contributed by atoms with Gasteiger partial charge in [-0.25, -0.2) is 13.4 Å². The lowest BCUT2D eigenvalue weighted by Gasteiger charge is -2.34. The number of pyridine rings is 1. The number of amides is 1. The molecule has 1 aliphatic rings. The summed E-state index contributed by atoms with van der Waals surface area (Å²) in [6, 6.07) is 3.50. The fraction of sp³-hybridized carbons (Fsp3) is 0.647. The molecule has 24 heavy (non-hydrogen) atoms. The molecule has 1 aromatic heterocycles. The fourth-order valence-electron chi connectivity index (χ4n) is 2.69. The van der Waals surface area contributed by atoms with Gasteiger partial charge in [0.25, 0.3) is 0 Å². The predicted octanol–water partition coefficient (Wildman–Crippen LogP) is 2.15. The predicted molar refractivity (Wildman–Crippen MR) is 94.8 cm³/mol. The first kappa shape index (κ1) is 18.7. The molecular formula is C17H27N3O3S. The van der Waals surface area contributed by atoms with Crippen molar-refractivity contribution in [2.24, 2.45) is 0 Å². The zero-order valence-electron chi connectivity index (χ0n) is 14.9. The van der Waals surface area contributed by atoms with Crippen LogP contribution in [0, 0.1) is 0 Å². The number of nitrogens with one attached hydrogen (secondary N) is 1. The minimum Gasteiger partial charge on any atom is -0.368 e. The molecule has 1 unspecified atom stereocenters. The van der Waals surface area contributed by atoms with E-state index in [4.69, 9.17) is 0 Å². The number of anilines is 1. The smallest absolute Gasteiger partial charge is 0.219 e. The summed E-state index contributed by atoms with van der Waals surface area (Å²) in [7, 11) is -3.44. The summed E-state index contributed by atoms with van der Waals surface area (Å²) in [5.74, 6) is 0.0617. The number of rotatable bonds is 4. The molecule has 1 saturated heterocycles. The SMILES string of the molecule is CCC(=O)NC1CCCN(c2ccc(S(=O)(=O)C(C)(C)C)nc2)C1. The van der Waals surface area contributed by atoms with Crippen molar-refractivity contribution in [1.82, 2.24) is 10.3 Å². The van der Waals surface area contributed by atoms with Crippen LogP contribution in [0.15, 0.2) is 23.4 Å². The highest BCUT2D eigenvalue weighted by Crippen LogP contribution is 2.25. The molecule has 2 heterocycles. The Kier molecular flexibility index (Phi) is 5.52. The molecule has 1 atom stereocenters. The molecule has 0 spiro atoms. The molecule has 1 N–H and O–H groups in total. The van der Waals surface area contributed by atoms with Crippen molar-refractivity contribution in [3.05, 3.63) is 18.3 Å². The molecule has 0 aliphatic carbocycles. The van der Waals surface area contributed by atoms with Gasteiger partial charge in [0, 0.05) is 25.6 Å². The van der Waals surface area contributed by atoms with E-state index in [-0.39, 0.29) is 17.0 Å². The van der Waals surface area contributed by atoms with Crippen molar-refractivity contribution in [3.8, 4) is 0 Å². The van der Waals surface area contributed by atoms with Crippen LogP contribution in [0.5, 0.6) is 0 Å². The Balaban J connectivity index is 2.12. The minimum atomic E-state index is -3.44. The van der Waals surface area contributed by atoms with Crippen LogP contribution < -0.4 is 10.2 Å². The van der Waals surface area contributed by atoms with Gasteiger partial charge in [-0.1, -0.05) is 6.92 Å². The molecule has 1 amide bonds. The first-order chi connectivity index (χ1) is 11.1. The van der Waals surface area contributed by atoms with Gasteiger partial charge >= 0.3 is 0 Å². The molecule has 134 valence electrons. The molecule has 6 nitrogen and oxygen atoms in total. The van der Waals surface area contributed by atoms with Gasteiger partial charge in [-0.3, -0.25) is 4.79 Å². The number of sulfone groups is 1. The standard InChI is InChI=1S/C17H27N3O3S/c1-5-15(21)19-13-7-6-10-20(12-13)14-8-9-16(18-11-14)24(22,23)17(2,3)4/h8-9,11,13H,5-7,10,12H2,1-4H3,(H,19,21). The summed E-state index contributed by atoms with van der Waals surface area (Å²) in [4.78, 5) is 17.9. The Morgan fingerprint density at radius 1 is 1.38 bits per heavy atom. The van der Waals surface area contributed by atoms with Gasteiger partial charge in [0.1, 0.15) is 0 Å². The summed E-state index contributed by atoms with van der Waals surface area (Å²) in [5, 5.41) is 3.13. The van der Waals surface area contributed by atoms with Crippen molar-refractivity contribution >= 4 is 21.4 Å². The second-order valence-electron chi connectivity index (χ2n) is 7.18. The van der Waals surface area contributed by atoms with Crippen LogP contribution in [0.2, 0.25) is 0 Å². The van der Waals surface area contributed by atoms with E-state index < -0.39 is 14.6 Å². The van der Waals surface area contributed by atoms with Gasteiger partial charge in [-0.15, -0.1) is 0 Å². The molecule has 1 aliphatic heterocycles. The van der Waals surface area contributed by atoms with Crippen molar-refractivity contribution in [2.75, 3.05) is 18.0 Å². The number of aromatic nitrogens is 1. The lowest BCUT2D eigenvalue weighted by atomic mass is 10.1. The monoisotopic (exact) mass is 353 g/mol. The number of piperidine rings is 1. The van der Waals surface area contributed by atoms with Crippen molar-refractivity contribution in [3.63, 3.8) is 0 Å². The Hall–Kier alpha value is -1.63. The second kappa shape index (κ2) is 7.09. The fourth-order valence-corrected chi connectivity index (χ4v) is 3.76. The van der Waals surface area contributed by atoms with Crippen molar-refractivity contribution < 1.29 is 13.2 Å². The summed E-state index contributed by atoms with van der Waals surface area (Å²) >= 11 is 0. The Morgan fingerprint density at radius 3 is 2.62 bits per heavy atom. The Morgan fingerprint density at radius 2 is 2.08 bits per heavy atom. The molecule has 0 aromatic carbocycles. The average molecular weight is 353 g/mol. The first-order valence-corrected chi connectivity index (χ1v) is 9.88. The van der Waals surface area contributed by atoms with E-state index in [2.05, 4.69) is 15.2 Å². The highest BCUT2D eigenvalue weighted by atomic mass is 32.2. The van der Waals surface area contributed by atoms with Crippen molar-refractivity contribution in [2.45, 2.75) is 62.8 Å². The zero-order valence-corrected chi connectivity index (χ0v) is 15.7. The lowest BCUT2D eigenvalue weighted by Crippen LogP contribution is -2.47. The lowest BCUT2D eigenvalue weighted by molar-refractivity contribution is -0.121. The van der Waals surface area contributed by atoms with E-state index in [0.717, 1.165) is 31.6 Å². The molecule has 1 aromatic rings. The largest absolute Gasteiger partial charge is 0.368 e. The molecule has 0 saturated carbocycles. The van der Waals surface area contributed by atoms with E-state index in [1.54, 1.807) is 39.1 Å². The summed E-state index contributed by atoms with van der Waals surface area (Å²) < 4.78 is 24.0. The third-order valence-corrected chi connectivity index (χ3v) is 6.68. The topological polar surface area (TPSA) is 79.4 Å². The number of hydrogen-bond acceptors (Lipinski definition) is 5. The maximum atomic E-state index is 12.4. The molecular weight excluding hydrogens is 326 g/mol. The van der Waals surface area contributed by atoms with E-state index in [9.17, 15) is 13.2 Å².